The molecular formula is C11H8F3NO2S3. The zero-order valence-corrected chi connectivity index (χ0v) is 12.2. The molecule has 0 unspecified atom stereocenters. The van der Waals surface area contributed by atoms with Gasteiger partial charge in [-0.15, -0.1) is 11.3 Å². The number of hydrogen-bond donors (Lipinski definition) is 1. The highest BCUT2D eigenvalue weighted by atomic mass is 32.3. The summed E-state index contributed by atoms with van der Waals surface area (Å²) < 4.78 is 60.1. The third-order valence-electron chi connectivity index (χ3n) is 2.24. The van der Waals surface area contributed by atoms with Crippen molar-refractivity contribution < 1.29 is 21.6 Å². The number of thiophene rings is 1. The fourth-order valence-electron chi connectivity index (χ4n) is 1.34. The Bertz CT molecular complexity index is 705. The van der Waals surface area contributed by atoms with Crippen molar-refractivity contribution in [3.63, 3.8) is 0 Å². The van der Waals surface area contributed by atoms with Crippen LogP contribution < -0.4 is 5.14 Å². The Morgan fingerprint density at radius 3 is 2.10 bits per heavy atom. The predicted molar refractivity (Wildman–Crippen MR) is 71.3 cm³/mol. The molecule has 2 rings (SSSR count). The Hall–Kier alpha value is -1.03. The molecule has 108 valence electrons. The summed E-state index contributed by atoms with van der Waals surface area (Å²) in [7, 11) is -3.74. The van der Waals surface area contributed by atoms with Gasteiger partial charge in [0.2, 0.25) is 10.0 Å². The van der Waals surface area contributed by atoms with E-state index < -0.39 is 21.8 Å². The van der Waals surface area contributed by atoms with Crippen molar-refractivity contribution in [3.8, 4) is 0 Å². The second-order valence-electron chi connectivity index (χ2n) is 3.74. The first-order valence-corrected chi connectivity index (χ1v) is 8.32. The van der Waals surface area contributed by atoms with Crippen LogP contribution in [0.5, 0.6) is 0 Å². The van der Waals surface area contributed by atoms with Gasteiger partial charge in [-0.2, -0.15) is 13.2 Å². The van der Waals surface area contributed by atoms with E-state index in [1.54, 1.807) is 6.07 Å². The van der Waals surface area contributed by atoms with E-state index in [2.05, 4.69) is 0 Å². The van der Waals surface area contributed by atoms with Crippen molar-refractivity contribution in [2.75, 3.05) is 0 Å². The monoisotopic (exact) mass is 339 g/mol. The molecular weight excluding hydrogens is 331 g/mol. The van der Waals surface area contributed by atoms with Gasteiger partial charge in [0.25, 0.3) is 0 Å². The zero-order chi connectivity index (χ0) is 15.0. The molecule has 20 heavy (non-hydrogen) atoms. The summed E-state index contributed by atoms with van der Waals surface area (Å²) in [6, 6.07) is 7.57. The topological polar surface area (TPSA) is 60.2 Å². The van der Waals surface area contributed by atoms with Crippen LogP contribution in [-0.4, -0.2) is 8.42 Å². The van der Waals surface area contributed by atoms with E-state index in [9.17, 15) is 21.6 Å². The molecule has 0 aliphatic carbocycles. The largest absolute Gasteiger partial charge is 0.416 e. The number of alkyl halides is 3. The third kappa shape index (κ3) is 3.75. The van der Waals surface area contributed by atoms with Crippen molar-refractivity contribution in [1.29, 1.82) is 0 Å². The quantitative estimate of drug-likeness (QED) is 0.930. The number of nitrogens with two attached hydrogens (primary N) is 1. The van der Waals surface area contributed by atoms with E-state index in [0.717, 1.165) is 23.5 Å². The number of primary sulfonamides is 1. The first kappa shape index (κ1) is 15.4. The fourth-order valence-corrected chi connectivity index (χ4v) is 4.32. The Labute approximate surface area is 121 Å². The molecule has 0 atom stereocenters. The first-order valence-electron chi connectivity index (χ1n) is 5.14. The van der Waals surface area contributed by atoms with Crippen LogP contribution in [0.1, 0.15) is 5.56 Å². The molecule has 9 heteroatoms. The molecule has 1 aromatic carbocycles. The Morgan fingerprint density at radius 2 is 1.65 bits per heavy atom. The van der Waals surface area contributed by atoms with Gasteiger partial charge in [0.15, 0.2) is 0 Å². The Morgan fingerprint density at radius 1 is 1.05 bits per heavy atom. The minimum absolute atomic E-state index is 0.0203. The van der Waals surface area contributed by atoms with E-state index in [1.165, 1.54) is 30.0 Å². The smallest absolute Gasteiger partial charge is 0.224 e. The SMILES string of the molecule is NS(=O)(=O)c1ccc(Sc2ccc(C(F)(F)F)cc2)s1. The van der Waals surface area contributed by atoms with Gasteiger partial charge in [-0.3, -0.25) is 0 Å². The van der Waals surface area contributed by atoms with Crippen molar-refractivity contribution >= 4 is 33.1 Å². The Kier molecular flexibility index (Phi) is 4.14. The molecule has 0 bridgehead atoms. The minimum Gasteiger partial charge on any atom is -0.224 e. The van der Waals surface area contributed by atoms with Crippen LogP contribution in [0.15, 0.2) is 49.7 Å². The number of halogens is 3. The molecule has 3 nitrogen and oxygen atoms in total. The van der Waals surface area contributed by atoms with Gasteiger partial charge in [0.05, 0.1) is 9.77 Å². The van der Waals surface area contributed by atoms with Gasteiger partial charge < -0.3 is 0 Å². The average Bonchev–Trinajstić information content (AvgIpc) is 2.77. The molecule has 1 aromatic heterocycles. The van der Waals surface area contributed by atoms with Gasteiger partial charge in [-0.05, 0) is 36.4 Å². The van der Waals surface area contributed by atoms with E-state index in [0.29, 0.717) is 9.10 Å². The van der Waals surface area contributed by atoms with Gasteiger partial charge in [-0.1, -0.05) is 11.8 Å². The lowest BCUT2D eigenvalue weighted by Gasteiger charge is -2.06. The fraction of sp³-hybridized carbons (Fsp3) is 0.0909. The summed E-state index contributed by atoms with van der Waals surface area (Å²) in [6.45, 7) is 0. The highest BCUT2D eigenvalue weighted by Gasteiger charge is 2.29. The second kappa shape index (κ2) is 5.40. The minimum atomic E-state index is -4.37. The number of rotatable bonds is 3. The lowest BCUT2D eigenvalue weighted by atomic mass is 10.2. The molecule has 0 saturated carbocycles. The van der Waals surface area contributed by atoms with Gasteiger partial charge >= 0.3 is 6.18 Å². The second-order valence-corrected chi connectivity index (χ2v) is 7.99. The van der Waals surface area contributed by atoms with Crippen LogP contribution in [0, 0.1) is 0 Å². The molecule has 0 aliphatic heterocycles. The van der Waals surface area contributed by atoms with E-state index in [4.69, 9.17) is 5.14 Å². The van der Waals surface area contributed by atoms with Gasteiger partial charge in [0, 0.05) is 4.90 Å². The summed E-state index contributed by atoms with van der Waals surface area (Å²) in [5.74, 6) is 0. The summed E-state index contributed by atoms with van der Waals surface area (Å²) in [5.41, 5.74) is -0.724. The molecule has 2 aromatic rings. The molecule has 0 amide bonds. The lowest BCUT2D eigenvalue weighted by molar-refractivity contribution is -0.137. The van der Waals surface area contributed by atoms with Crippen LogP contribution in [0.3, 0.4) is 0 Å². The maximum atomic E-state index is 12.4. The van der Waals surface area contributed by atoms with Crippen molar-refractivity contribution in [3.05, 3.63) is 42.0 Å². The number of hydrogen-bond acceptors (Lipinski definition) is 4. The van der Waals surface area contributed by atoms with Crippen molar-refractivity contribution in [2.45, 2.75) is 19.5 Å². The van der Waals surface area contributed by atoms with Crippen LogP contribution >= 0.6 is 23.1 Å². The summed E-state index contributed by atoms with van der Waals surface area (Å²) in [4.78, 5) is 0.584. The molecule has 0 spiro atoms. The number of benzene rings is 1. The van der Waals surface area contributed by atoms with Crippen LogP contribution in [0.4, 0.5) is 13.2 Å². The molecule has 2 N–H and O–H groups in total. The highest BCUT2D eigenvalue weighted by Crippen LogP contribution is 2.36. The molecule has 0 fully saturated rings. The molecule has 0 radical (unpaired) electrons. The Balaban J connectivity index is 2.17. The maximum absolute atomic E-state index is 12.4. The first-order chi connectivity index (χ1) is 9.16. The standard InChI is InChI=1S/C11H8F3NO2S3/c12-11(13,14)7-1-3-8(4-2-7)18-9-5-6-10(19-9)20(15,16)17/h1-6H,(H2,15,16,17). The zero-order valence-electron chi connectivity index (χ0n) is 9.72. The normalized spacial score (nSPS) is 12.6. The van der Waals surface area contributed by atoms with Gasteiger partial charge in [0.1, 0.15) is 4.21 Å². The lowest BCUT2D eigenvalue weighted by Crippen LogP contribution is -2.09. The predicted octanol–water partition coefficient (Wildman–Crippen LogP) is 3.57. The summed E-state index contributed by atoms with van der Waals surface area (Å²) in [6.07, 6.45) is -4.37. The molecule has 0 saturated heterocycles. The summed E-state index contributed by atoms with van der Waals surface area (Å²) in [5, 5.41) is 4.98. The third-order valence-corrected chi connectivity index (χ3v) is 5.90. The number of sulfonamides is 1. The summed E-state index contributed by atoms with van der Waals surface area (Å²) >= 11 is 2.15. The van der Waals surface area contributed by atoms with E-state index >= 15 is 0 Å². The van der Waals surface area contributed by atoms with Crippen molar-refractivity contribution in [1.82, 2.24) is 0 Å². The van der Waals surface area contributed by atoms with Crippen LogP contribution in [0.25, 0.3) is 0 Å². The molecule has 0 aliphatic rings. The van der Waals surface area contributed by atoms with Crippen LogP contribution in [-0.2, 0) is 16.2 Å². The maximum Gasteiger partial charge on any atom is 0.416 e. The average molecular weight is 339 g/mol. The van der Waals surface area contributed by atoms with E-state index in [-0.39, 0.29) is 4.21 Å². The highest BCUT2D eigenvalue weighted by molar-refractivity contribution is 8.01. The molecule has 1 heterocycles. The van der Waals surface area contributed by atoms with Gasteiger partial charge in [-0.25, -0.2) is 13.6 Å². The van der Waals surface area contributed by atoms with Crippen molar-refractivity contribution in [2.24, 2.45) is 5.14 Å². The van der Waals surface area contributed by atoms with Crippen LogP contribution in [0.2, 0.25) is 0 Å². The van der Waals surface area contributed by atoms with E-state index in [1.807, 2.05) is 0 Å².